The molecule has 2 aromatic carbocycles. The van der Waals surface area contributed by atoms with Crippen LogP contribution < -0.4 is 5.30 Å². The first-order chi connectivity index (χ1) is 8.66. The van der Waals surface area contributed by atoms with Gasteiger partial charge in [-0.05, 0) is 41.9 Å². The maximum absolute atomic E-state index is 10.5. The predicted octanol–water partition coefficient (Wildman–Crippen LogP) is 3.01. The fraction of sp³-hybridized carbons (Fsp3) is 0. The summed E-state index contributed by atoms with van der Waals surface area (Å²) in [5.74, 6) is 1.98. The maximum Gasteiger partial charge on any atom is 0.269 e. The third-order valence-electron chi connectivity index (χ3n) is 2.38. The summed E-state index contributed by atoms with van der Waals surface area (Å²) in [7, 11) is 0. The fourth-order valence-electron chi connectivity index (χ4n) is 1.47. The Hall–Kier alpha value is -1.77. The second-order valence-corrected chi connectivity index (χ2v) is 6.25. The minimum atomic E-state index is -0.788. The van der Waals surface area contributed by atoms with Gasteiger partial charge >= 0.3 is 0 Å². The van der Waals surface area contributed by atoms with E-state index >= 15 is 0 Å². The van der Waals surface area contributed by atoms with E-state index in [0.717, 1.165) is 10.9 Å². The van der Waals surface area contributed by atoms with Crippen molar-refractivity contribution in [3.63, 3.8) is 0 Å². The van der Waals surface area contributed by atoms with Crippen LogP contribution in [0.4, 0.5) is 5.69 Å². The first-order valence-corrected chi connectivity index (χ1v) is 7.70. The summed E-state index contributed by atoms with van der Waals surface area (Å²) in [5, 5.41) is 11.6. The fourth-order valence-corrected chi connectivity index (χ4v) is 3.26. The molecule has 0 fully saturated rings. The molecule has 0 N–H and O–H groups in total. The third-order valence-corrected chi connectivity index (χ3v) is 4.67. The average Bonchev–Trinajstić information content (AvgIpc) is 2.40. The van der Waals surface area contributed by atoms with Crippen LogP contribution in [-0.2, 0) is 11.8 Å². The number of nitro groups is 1. The van der Waals surface area contributed by atoms with Gasteiger partial charge in [0.15, 0.2) is 0 Å². The summed E-state index contributed by atoms with van der Waals surface area (Å²) in [4.78, 5) is 10.1. The number of rotatable bonds is 3. The molecule has 0 aromatic heterocycles. The molecule has 0 aliphatic rings. The first-order valence-electron chi connectivity index (χ1n) is 5.27. The highest BCUT2D eigenvalue weighted by Crippen LogP contribution is 2.14. The normalized spacial score (nSPS) is 11.2. The highest BCUT2D eigenvalue weighted by molar-refractivity contribution is 8.07. The molecule has 2 rings (SSSR count). The Kier molecular flexibility index (Phi) is 4.03. The molecular weight excluding hydrogens is 265 g/mol. The Morgan fingerprint density at radius 2 is 1.67 bits per heavy atom. The summed E-state index contributed by atoms with van der Waals surface area (Å²) < 4.78 is 0. The minimum Gasteiger partial charge on any atom is -0.258 e. The van der Waals surface area contributed by atoms with Gasteiger partial charge in [-0.25, -0.2) is 0 Å². The zero-order chi connectivity index (χ0) is 13.0. The van der Waals surface area contributed by atoms with Crippen LogP contribution in [0.1, 0.15) is 5.56 Å². The highest BCUT2D eigenvalue weighted by atomic mass is 32.4. The molecule has 0 amide bonds. The Balaban J connectivity index is 2.28. The van der Waals surface area contributed by atoms with Crippen LogP contribution in [0.5, 0.6) is 0 Å². The summed E-state index contributed by atoms with van der Waals surface area (Å²) in [6.45, 7) is 0. The Bertz CT molecular complexity index is 632. The van der Waals surface area contributed by atoms with Crippen LogP contribution in [0.15, 0.2) is 54.6 Å². The Morgan fingerprint density at radius 3 is 2.22 bits per heavy atom. The van der Waals surface area contributed by atoms with Crippen molar-refractivity contribution in [2.24, 2.45) is 0 Å². The van der Waals surface area contributed by atoms with Gasteiger partial charge < -0.3 is 0 Å². The van der Waals surface area contributed by atoms with E-state index in [-0.39, 0.29) is 5.69 Å². The number of hydrogen-bond donors (Lipinski definition) is 0. The van der Waals surface area contributed by atoms with Gasteiger partial charge in [-0.1, -0.05) is 30.0 Å². The van der Waals surface area contributed by atoms with Crippen molar-refractivity contribution in [1.82, 2.24) is 0 Å². The number of non-ortho nitro benzene ring substituents is 1. The van der Waals surface area contributed by atoms with E-state index in [2.05, 4.69) is 0 Å². The van der Waals surface area contributed by atoms with Gasteiger partial charge in [0.2, 0.25) is 0 Å². The second kappa shape index (κ2) is 5.71. The summed E-state index contributed by atoms with van der Waals surface area (Å²) >= 11 is 5.45. The molecule has 90 valence electrons. The van der Waals surface area contributed by atoms with Crippen molar-refractivity contribution in [3.8, 4) is 0 Å². The van der Waals surface area contributed by atoms with Crippen LogP contribution in [0.3, 0.4) is 0 Å². The van der Waals surface area contributed by atoms with Gasteiger partial charge in [0.1, 0.15) is 0 Å². The molecule has 1 unspecified atom stereocenters. The van der Waals surface area contributed by atoms with E-state index in [1.807, 2.05) is 36.1 Å². The van der Waals surface area contributed by atoms with Gasteiger partial charge in [0, 0.05) is 17.4 Å². The third kappa shape index (κ3) is 3.13. The van der Waals surface area contributed by atoms with Crippen molar-refractivity contribution in [2.75, 3.05) is 0 Å². The quantitative estimate of drug-likeness (QED) is 0.491. The molecule has 0 aliphatic heterocycles. The Morgan fingerprint density at radius 1 is 1.06 bits per heavy atom. The zero-order valence-corrected chi connectivity index (χ0v) is 11.1. The maximum atomic E-state index is 10.5. The van der Waals surface area contributed by atoms with Crippen LogP contribution in [0.25, 0.3) is 0 Å². The van der Waals surface area contributed by atoms with Crippen molar-refractivity contribution in [3.05, 3.63) is 70.3 Å². The zero-order valence-electron chi connectivity index (χ0n) is 9.39. The van der Waals surface area contributed by atoms with Crippen LogP contribution in [-0.4, -0.2) is 10.7 Å². The van der Waals surface area contributed by atoms with Crippen LogP contribution in [0, 0.1) is 10.1 Å². The van der Waals surface area contributed by atoms with E-state index in [4.69, 9.17) is 11.8 Å². The van der Waals surface area contributed by atoms with E-state index in [9.17, 15) is 10.1 Å². The SMILES string of the molecule is O=[N+]([O-])c1ccc(/C=P(=S)/c2ccccc2)cc1. The number of benzene rings is 2. The second-order valence-electron chi connectivity index (χ2n) is 3.64. The minimum absolute atomic E-state index is 0.0977. The molecule has 0 saturated heterocycles. The standard InChI is InChI=1S/C13H10NO2PS/c15-14(16)12-8-6-11(7-9-12)10-17(18)13-4-2-1-3-5-13/h1-10H. The average molecular weight is 275 g/mol. The van der Waals surface area contributed by atoms with Crippen molar-refractivity contribution < 1.29 is 4.92 Å². The molecule has 18 heavy (non-hydrogen) atoms. The van der Waals surface area contributed by atoms with Crippen LogP contribution >= 0.6 is 6.32 Å². The largest absolute Gasteiger partial charge is 0.269 e. The molecule has 3 nitrogen and oxygen atoms in total. The van der Waals surface area contributed by atoms with E-state index in [1.165, 1.54) is 12.1 Å². The number of nitro benzene ring substituents is 1. The van der Waals surface area contributed by atoms with Gasteiger partial charge in [0.25, 0.3) is 5.69 Å². The molecule has 0 heterocycles. The molecule has 0 bridgehead atoms. The van der Waals surface area contributed by atoms with E-state index < -0.39 is 11.2 Å². The monoisotopic (exact) mass is 275 g/mol. The summed E-state index contributed by atoms with van der Waals surface area (Å²) in [6.07, 6.45) is -0.788. The van der Waals surface area contributed by atoms with Crippen molar-refractivity contribution in [2.45, 2.75) is 0 Å². The first kappa shape index (κ1) is 12.7. The van der Waals surface area contributed by atoms with Gasteiger partial charge in [-0.2, -0.15) is 0 Å². The predicted molar refractivity (Wildman–Crippen MR) is 78.6 cm³/mol. The molecule has 5 heteroatoms. The van der Waals surface area contributed by atoms with E-state index in [0.29, 0.717) is 0 Å². The molecule has 0 radical (unpaired) electrons. The summed E-state index contributed by atoms with van der Waals surface area (Å²) in [6, 6.07) is 16.3. The topological polar surface area (TPSA) is 43.1 Å². The van der Waals surface area contributed by atoms with Crippen LogP contribution in [0.2, 0.25) is 0 Å². The lowest BCUT2D eigenvalue weighted by molar-refractivity contribution is -0.384. The van der Waals surface area contributed by atoms with E-state index in [1.54, 1.807) is 12.1 Å². The molecule has 0 saturated carbocycles. The van der Waals surface area contributed by atoms with Crippen molar-refractivity contribution >= 4 is 34.9 Å². The molecule has 2 aromatic rings. The van der Waals surface area contributed by atoms with Gasteiger partial charge in [-0.15, -0.1) is 0 Å². The lowest BCUT2D eigenvalue weighted by Gasteiger charge is -1.96. The smallest absolute Gasteiger partial charge is 0.258 e. The molecular formula is C13H10NO2PS. The number of nitrogens with zero attached hydrogens (tertiary/aromatic N) is 1. The molecule has 1 atom stereocenters. The Labute approximate surface area is 110 Å². The van der Waals surface area contributed by atoms with Gasteiger partial charge in [-0.3, -0.25) is 10.1 Å². The lowest BCUT2D eigenvalue weighted by Crippen LogP contribution is -1.92. The molecule has 0 aliphatic carbocycles. The molecule has 0 spiro atoms. The lowest BCUT2D eigenvalue weighted by atomic mass is 10.2. The summed E-state index contributed by atoms with van der Waals surface area (Å²) in [5.41, 5.74) is 1.02. The van der Waals surface area contributed by atoms with Crippen molar-refractivity contribution in [1.29, 1.82) is 0 Å². The highest BCUT2D eigenvalue weighted by Gasteiger charge is 2.02. The number of hydrogen-bond acceptors (Lipinski definition) is 3. The van der Waals surface area contributed by atoms with Gasteiger partial charge in [0.05, 0.1) is 4.92 Å².